The number of Topliss-reactive ketones (excluding diaryl/α,β-unsaturated/α-hetero) is 1. The summed E-state index contributed by atoms with van der Waals surface area (Å²) in [6, 6.07) is 13.5. The number of ketones is 1. The molecule has 1 heterocycles. The van der Waals surface area contributed by atoms with Crippen LogP contribution in [0.3, 0.4) is 0 Å². The van der Waals surface area contributed by atoms with Crippen molar-refractivity contribution in [3.8, 4) is 5.75 Å². The van der Waals surface area contributed by atoms with Crippen molar-refractivity contribution in [3.05, 3.63) is 65.2 Å². The van der Waals surface area contributed by atoms with E-state index in [1.165, 1.54) is 0 Å². The van der Waals surface area contributed by atoms with E-state index in [2.05, 4.69) is 5.32 Å². The Labute approximate surface area is 164 Å². The second kappa shape index (κ2) is 8.25. The third-order valence-electron chi connectivity index (χ3n) is 4.92. The van der Waals surface area contributed by atoms with Gasteiger partial charge in [-0.25, -0.2) is 0 Å². The highest BCUT2D eigenvalue weighted by molar-refractivity contribution is 6.03. The first-order valence-corrected chi connectivity index (χ1v) is 9.26. The van der Waals surface area contributed by atoms with Crippen molar-refractivity contribution in [2.45, 2.75) is 26.4 Å². The number of hydrogen-bond acceptors (Lipinski definition) is 4. The normalized spacial score (nSPS) is 14.0. The molecular weight excluding hydrogens is 356 g/mol. The van der Waals surface area contributed by atoms with Gasteiger partial charge in [-0.05, 0) is 41.8 Å². The Morgan fingerprint density at radius 1 is 1.11 bits per heavy atom. The Balaban J connectivity index is 1.67. The minimum absolute atomic E-state index is 0.0886. The molecule has 0 bridgehead atoms. The van der Waals surface area contributed by atoms with Gasteiger partial charge >= 0.3 is 0 Å². The smallest absolute Gasteiger partial charge is 0.255 e. The van der Waals surface area contributed by atoms with Crippen molar-refractivity contribution in [2.75, 3.05) is 13.7 Å². The molecule has 28 heavy (non-hydrogen) atoms. The second-order valence-electron chi connectivity index (χ2n) is 7.15. The van der Waals surface area contributed by atoms with E-state index < -0.39 is 6.04 Å². The van der Waals surface area contributed by atoms with Crippen LogP contribution in [0.1, 0.15) is 40.1 Å². The lowest BCUT2D eigenvalue weighted by Crippen LogP contribution is -2.50. The van der Waals surface area contributed by atoms with E-state index in [1.54, 1.807) is 42.3 Å². The van der Waals surface area contributed by atoms with E-state index in [-0.39, 0.29) is 30.1 Å². The van der Waals surface area contributed by atoms with Crippen molar-refractivity contribution >= 4 is 17.6 Å². The van der Waals surface area contributed by atoms with Crippen LogP contribution in [-0.2, 0) is 11.3 Å². The number of carbonyl (C=O) groups excluding carboxylic acids is 3. The van der Waals surface area contributed by atoms with E-state index in [9.17, 15) is 14.4 Å². The molecule has 0 aliphatic carbocycles. The number of fused-ring (bicyclic) bond motifs is 1. The first kappa shape index (κ1) is 19.6. The lowest BCUT2D eigenvalue weighted by molar-refractivity contribution is -0.127. The summed E-state index contributed by atoms with van der Waals surface area (Å²) in [5, 5.41) is 2.70. The van der Waals surface area contributed by atoms with Crippen LogP contribution in [-0.4, -0.2) is 42.2 Å². The van der Waals surface area contributed by atoms with E-state index in [0.29, 0.717) is 23.4 Å². The van der Waals surface area contributed by atoms with E-state index in [1.807, 2.05) is 32.0 Å². The number of nitrogens with one attached hydrogen (secondary N) is 1. The van der Waals surface area contributed by atoms with Crippen LogP contribution in [0.15, 0.2) is 48.5 Å². The van der Waals surface area contributed by atoms with Crippen LogP contribution in [0.4, 0.5) is 0 Å². The van der Waals surface area contributed by atoms with Gasteiger partial charge in [-0.1, -0.05) is 32.0 Å². The third-order valence-corrected chi connectivity index (χ3v) is 4.92. The van der Waals surface area contributed by atoms with Gasteiger partial charge in [0.2, 0.25) is 5.91 Å². The maximum absolute atomic E-state index is 12.8. The molecule has 0 aromatic heterocycles. The summed E-state index contributed by atoms with van der Waals surface area (Å²) in [7, 11) is 1.56. The molecule has 0 saturated heterocycles. The molecule has 0 saturated carbocycles. The molecule has 146 valence electrons. The minimum atomic E-state index is -0.636. The van der Waals surface area contributed by atoms with Gasteiger partial charge in [0, 0.05) is 17.7 Å². The van der Waals surface area contributed by atoms with Crippen LogP contribution >= 0.6 is 0 Å². The van der Waals surface area contributed by atoms with Crippen molar-refractivity contribution in [2.24, 2.45) is 5.92 Å². The fourth-order valence-electron chi connectivity index (χ4n) is 3.46. The van der Waals surface area contributed by atoms with Crippen molar-refractivity contribution < 1.29 is 19.1 Å². The zero-order valence-corrected chi connectivity index (χ0v) is 16.3. The molecule has 1 atom stereocenters. The lowest BCUT2D eigenvalue weighted by Gasteiger charge is -2.29. The van der Waals surface area contributed by atoms with Crippen molar-refractivity contribution in [3.63, 3.8) is 0 Å². The van der Waals surface area contributed by atoms with Crippen molar-refractivity contribution in [1.29, 1.82) is 0 Å². The highest BCUT2D eigenvalue weighted by Crippen LogP contribution is 2.27. The molecule has 1 aliphatic heterocycles. The molecule has 1 N–H and O–H groups in total. The average molecular weight is 380 g/mol. The third kappa shape index (κ3) is 3.91. The quantitative estimate of drug-likeness (QED) is 0.750. The van der Waals surface area contributed by atoms with Gasteiger partial charge in [-0.3, -0.25) is 14.4 Å². The molecule has 6 heteroatoms. The molecule has 0 spiro atoms. The summed E-state index contributed by atoms with van der Waals surface area (Å²) < 4.78 is 5.08. The standard InChI is InChI=1S/C22H24N2O4/c1-14(2)20(24-13-16-6-4-5-7-18(16)22(24)27)21(26)23-12-19(25)15-8-10-17(28-3)11-9-15/h4-11,14,20H,12-13H2,1-3H3,(H,23,26). The maximum atomic E-state index is 12.8. The summed E-state index contributed by atoms with van der Waals surface area (Å²) >= 11 is 0. The number of benzene rings is 2. The van der Waals surface area contributed by atoms with E-state index in [4.69, 9.17) is 4.74 Å². The molecule has 2 amide bonds. The minimum Gasteiger partial charge on any atom is -0.497 e. The second-order valence-corrected chi connectivity index (χ2v) is 7.15. The number of carbonyl (C=O) groups is 3. The molecule has 1 unspecified atom stereocenters. The van der Waals surface area contributed by atoms with Crippen LogP contribution in [0, 0.1) is 5.92 Å². The van der Waals surface area contributed by atoms with Crippen LogP contribution < -0.4 is 10.1 Å². The fraction of sp³-hybridized carbons (Fsp3) is 0.318. The Hall–Kier alpha value is -3.15. The van der Waals surface area contributed by atoms with Gasteiger partial charge < -0.3 is 15.0 Å². The Bertz CT molecular complexity index is 890. The van der Waals surface area contributed by atoms with Crippen molar-refractivity contribution in [1.82, 2.24) is 10.2 Å². The van der Waals surface area contributed by atoms with Crippen LogP contribution in [0.2, 0.25) is 0 Å². The zero-order valence-electron chi connectivity index (χ0n) is 16.3. The topological polar surface area (TPSA) is 75.7 Å². The number of methoxy groups -OCH3 is 1. The lowest BCUT2D eigenvalue weighted by atomic mass is 10.0. The summed E-state index contributed by atoms with van der Waals surface area (Å²) in [5.74, 6) is -0.0968. The first-order chi connectivity index (χ1) is 13.4. The van der Waals surface area contributed by atoms with Crippen LogP contribution in [0.25, 0.3) is 0 Å². The van der Waals surface area contributed by atoms with Gasteiger partial charge in [0.25, 0.3) is 5.91 Å². The van der Waals surface area contributed by atoms with Gasteiger partial charge in [-0.2, -0.15) is 0 Å². The first-order valence-electron chi connectivity index (χ1n) is 9.26. The average Bonchev–Trinajstić information content (AvgIpc) is 3.02. The largest absolute Gasteiger partial charge is 0.497 e. The number of nitrogens with zero attached hydrogens (tertiary/aromatic N) is 1. The van der Waals surface area contributed by atoms with Gasteiger partial charge in [0.1, 0.15) is 11.8 Å². The van der Waals surface area contributed by atoms with Gasteiger partial charge in [0.15, 0.2) is 5.78 Å². The number of ether oxygens (including phenoxy) is 1. The molecule has 3 rings (SSSR count). The summed E-state index contributed by atoms with van der Waals surface area (Å²) in [5.41, 5.74) is 2.04. The van der Waals surface area contributed by atoms with E-state index >= 15 is 0 Å². The highest BCUT2D eigenvalue weighted by atomic mass is 16.5. The predicted molar refractivity (Wildman–Crippen MR) is 105 cm³/mol. The molecule has 0 fully saturated rings. The molecule has 1 aliphatic rings. The molecule has 6 nitrogen and oxygen atoms in total. The molecule has 0 radical (unpaired) electrons. The number of amides is 2. The monoisotopic (exact) mass is 380 g/mol. The Morgan fingerprint density at radius 3 is 2.39 bits per heavy atom. The maximum Gasteiger partial charge on any atom is 0.255 e. The highest BCUT2D eigenvalue weighted by Gasteiger charge is 2.37. The molecular formula is C22H24N2O4. The number of hydrogen-bond donors (Lipinski definition) is 1. The SMILES string of the molecule is COc1ccc(C(=O)CNC(=O)C(C(C)C)N2Cc3ccccc3C2=O)cc1. The molecule has 2 aromatic rings. The van der Waals surface area contributed by atoms with Gasteiger partial charge in [-0.15, -0.1) is 0 Å². The summed E-state index contributed by atoms with van der Waals surface area (Å²) in [4.78, 5) is 39.5. The number of rotatable bonds is 7. The van der Waals surface area contributed by atoms with Crippen LogP contribution in [0.5, 0.6) is 5.75 Å². The zero-order chi connectivity index (χ0) is 20.3. The summed E-state index contributed by atoms with van der Waals surface area (Å²) in [6.07, 6.45) is 0. The summed E-state index contributed by atoms with van der Waals surface area (Å²) in [6.45, 7) is 4.07. The molecule has 2 aromatic carbocycles. The fourth-order valence-corrected chi connectivity index (χ4v) is 3.46. The Kier molecular flexibility index (Phi) is 5.78. The Morgan fingerprint density at radius 2 is 1.79 bits per heavy atom. The van der Waals surface area contributed by atoms with Gasteiger partial charge in [0.05, 0.1) is 13.7 Å². The van der Waals surface area contributed by atoms with E-state index in [0.717, 1.165) is 5.56 Å². The predicted octanol–water partition coefficient (Wildman–Crippen LogP) is 2.67.